The van der Waals surface area contributed by atoms with Crippen LogP contribution in [0.5, 0.6) is 5.75 Å². The Morgan fingerprint density at radius 2 is 2.10 bits per heavy atom. The van der Waals surface area contributed by atoms with Crippen molar-refractivity contribution in [1.29, 1.82) is 0 Å². The van der Waals surface area contributed by atoms with Crippen LogP contribution < -0.4 is 15.4 Å². The Balaban J connectivity index is 1.98. The van der Waals surface area contributed by atoms with Crippen molar-refractivity contribution in [3.63, 3.8) is 0 Å². The summed E-state index contributed by atoms with van der Waals surface area (Å²) in [6.07, 6.45) is 2.67. The zero-order chi connectivity index (χ0) is 13.9. The van der Waals surface area contributed by atoms with Gasteiger partial charge in [0.25, 0.3) is 0 Å². The highest BCUT2D eigenvalue weighted by Gasteiger charge is 2.18. The molecule has 2 N–H and O–H groups in total. The van der Waals surface area contributed by atoms with E-state index in [0.29, 0.717) is 4.99 Å². The van der Waals surface area contributed by atoms with Crippen molar-refractivity contribution < 1.29 is 4.74 Å². The van der Waals surface area contributed by atoms with Gasteiger partial charge in [-0.15, -0.1) is 0 Å². The van der Waals surface area contributed by atoms with E-state index in [4.69, 9.17) is 22.7 Å². The van der Waals surface area contributed by atoms with Crippen LogP contribution in [0.1, 0.15) is 12.0 Å². The SMILES string of the molecule is NC(=S)c1ccc(N2CCCOc3ccccc32)nc1. The molecule has 2 aromatic rings. The van der Waals surface area contributed by atoms with Gasteiger partial charge in [-0.3, -0.25) is 0 Å². The van der Waals surface area contributed by atoms with Gasteiger partial charge in [0.15, 0.2) is 0 Å². The predicted octanol–water partition coefficient (Wildman–Crippen LogP) is 2.64. The van der Waals surface area contributed by atoms with Crippen LogP contribution in [0, 0.1) is 0 Å². The smallest absolute Gasteiger partial charge is 0.142 e. The number of nitrogens with zero attached hydrogens (tertiary/aromatic N) is 2. The molecule has 2 heterocycles. The molecule has 0 fully saturated rings. The molecular weight excluding hydrogens is 270 g/mol. The highest BCUT2D eigenvalue weighted by molar-refractivity contribution is 7.80. The molecule has 0 saturated heterocycles. The Morgan fingerprint density at radius 1 is 1.25 bits per heavy atom. The van der Waals surface area contributed by atoms with Crippen molar-refractivity contribution >= 4 is 28.7 Å². The number of rotatable bonds is 2. The van der Waals surface area contributed by atoms with Crippen LogP contribution in [0.2, 0.25) is 0 Å². The molecule has 3 rings (SSSR count). The van der Waals surface area contributed by atoms with E-state index < -0.39 is 0 Å². The maximum atomic E-state index is 5.75. The fourth-order valence-corrected chi connectivity index (χ4v) is 2.38. The topological polar surface area (TPSA) is 51.4 Å². The molecule has 20 heavy (non-hydrogen) atoms. The molecule has 0 atom stereocenters. The second-order valence-electron chi connectivity index (χ2n) is 4.59. The third-order valence-electron chi connectivity index (χ3n) is 3.25. The van der Waals surface area contributed by atoms with Crippen molar-refractivity contribution in [1.82, 2.24) is 4.98 Å². The molecule has 1 aliphatic rings. The molecule has 0 unspecified atom stereocenters. The van der Waals surface area contributed by atoms with Gasteiger partial charge in [-0.25, -0.2) is 4.98 Å². The molecular formula is C15H15N3OS. The minimum absolute atomic E-state index is 0.364. The number of thiocarbonyl (C=S) groups is 1. The Morgan fingerprint density at radius 3 is 2.85 bits per heavy atom. The van der Waals surface area contributed by atoms with Crippen molar-refractivity contribution in [2.45, 2.75) is 6.42 Å². The molecule has 1 aliphatic heterocycles. The monoisotopic (exact) mass is 285 g/mol. The van der Waals surface area contributed by atoms with Crippen molar-refractivity contribution in [3.8, 4) is 5.75 Å². The van der Waals surface area contributed by atoms with Gasteiger partial charge in [-0.1, -0.05) is 24.4 Å². The summed E-state index contributed by atoms with van der Waals surface area (Å²) in [5.41, 5.74) is 7.42. The highest BCUT2D eigenvalue weighted by atomic mass is 32.1. The Labute approximate surface area is 123 Å². The fourth-order valence-electron chi connectivity index (χ4n) is 2.26. The van der Waals surface area contributed by atoms with Crippen LogP contribution in [-0.4, -0.2) is 23.1 Å². The van der Waals surface area contributed by atoms with Crippen molar-refractivity contribution in [3.05, 3.63) is 48.2 Å². The van der Waals surface area contributed by atoms with Crippen LogP contribution in [0.4, 0.5) is 11.5 Å². The lowest BCUT2D eigenvalue weighted by atomic mass is 10.2. The standard InChI is InChI=1S/C15H15N3OS/c16-15(20)11-6-7-14(17-10-11)18-8-3-9-19-13-5-2-1-4-12(13)18/h1-2,4-7,10H,3,8-9H2,(H2,16,20). The first-order valence-corrected chi connectivity index (χ1v) is 6.92. The summed E-state index contributed by atoms with van der Waals surface area (Å²) >= 11 is 4.95. The van der Waals surface area contributed by atoms with E-state index in [0.717, 1.165) is 42.4 Å². The Kier molecular flexibility index (Phi) is 3.52. The number of hydrogen-bond donors (Lipinski definition) is 1. The molecule has 102 valence electrons. The second kappa shape index (κ2) is 5.46. The minimum Gasteiger partial charge on any atom is -0.491 e. The number of fused-ring (bicyclic) bond motifs is 1. The Hall–Kier alpha value is -2.14. The van der Waals surface area contributed by atoms with Gasteiger partial charge >= 0.3 is 0 Å². The van der Waals surface area contributed by atoms with E-state index >= 15 is 0 Å². The van der Waals surface area contributed by atoms with Gasteiger partial charge in [0.1, 0.15) is 16.6 Å². The fraction of sp³-hybridized carbons (Fsp3) is 0.200. The molecule has 1 aromatic heterocycles. The number of hydrogen-bond acceptors (Lipinski definition) is 4. The summed E-state index contributed by atoms with van der Waals surface area (Å²) in [5, 5.41) is 0. The first kappa shape index (κ1) is 12.9. The Bertz CT molecular complexity index is 627. The number of aromatic nitrogens is 1. The maximum Gasteiger partial charge on any atom is 0.142 e. The molecule has 0 amide bonds. The number of benzene rings is 1. The van der Waals surface area contributed by atoms with E-state index in [9.17, 15) is 0 Å². The number of pyridine rings is 1. The summed E-state index contributed by atoms with van der Waals surface area (Å²) in [6, 6.07) is 11.9. The average molecular weight is 285 g/mol. The summed E-state index contributed by atoms with van der Waals surface area (Å²) in [6.45, 7) is 1.59. The lowest BCUT2D eigenvalue weighted by molar-refractivity contribution is 0.322. The van der Waals surface area contributed by atoms with Gasteiger partial charge in [-0.05, 0) is 30.7 Å². The van der Waals surface area contributed by atoms with Crippen molar-refractivity contribution in [2.24, 2.45) is 5.73 Å². The molecule has 0 aliphatic carbocycles. The normalized spacial score (nSPS) is 14.1. The molecule has 0 saturated carbocycles. The molecule has 0 radical (unpaired) electrons. The van der Waals surface area contributed by atoms with E-state index in [2.05, 4.69) is 9.88 Å². The van der Waals surface area contributed by atoms with Gasteiger partial charge in [0.2, 0.25) is 0 Å². The summed E-state index contributed by atoms with van der Waals surface area (Å²) < 4.78 is 5.75. The van der Waals surface area contributed by atoms with E-state index in [1.165, 1.54) is 0 Å². The number of para-hydroxylation sites is 2. The molecule has 0 spiro atoms. The third kappa shape index (κ3) is 2.44. The van der Waals surface area contributed by atoms with Crippen LogP contribution in [-0.2, 0) is 0 Å². The molecule has 4 nitrogen and oxygen atoms in total. The largest absolute Gasteiger partial charge is 0.491 e. The zero-order valence-electron chi connectivity index (χ0n) is 11.0. The number of ether oxygens (including phenoxy) is 1. The highest BCUT2D eigenvalue weighted by Crippen LogP contribution is 2.34. The predicted molar refractivity (Wildman–Crippen MR) is 83.7 cm³/mol. The third-order valence-corrected chi connectivity index (χ3v) is 3.48. The van der Waals surface area contributed by atoms with Gasteiger partial charge in [0, 0.05) is 18.3 Å². The number of anilines is 2. The zero-order valence-corrected chi connectivity index (χ0v) is 11.8. The van der Waals surface area contributed by atoms with Gasteiger partial charge in [-0.2, -0.15) is 0 Å². The summed E-state index contributed by atoms with van der Waals surface area (Å²) in [5.74, 6) is 1.77. The van der Waals surface area contributed by atoms with Gasteiger partial charge in [0.05, 0.1) is 12.3 Å². The molecule has 1 aromatic carbocycles. The van der Waals surface area contributed by atoms with E-state index in [-0.39, 0.29) is 0 Å². The molecule has 0 bridgehead atoms. The molecule has 5 heteroatoms. The minimum atomic E-state index is 0.364. The van der Waals surface area contributed by atoms with Crippen LogP contribution in [0.25, 0.3) is 0 Å². The van der Waals surface area contributed by atoms with Crippen LogP contribution in [0.15, 0.2) is 42.6 Å². The average Bonchev–Trinajstić information content (AvgIpc) is 2.69. The van der Waals surface area contributed by atoms with Crippen LogP contribution in [0.3, 0.4) is 0 Å². The first-order chi connectivity index (χ1) is 9.75. The quantitative estimate of drug-likeness (QED) is 0.860. The lowest BCUT2D eigenvalue weighted by Crippen LogP contribution is -2.19. The van der Waals surface area contributed by atoms with E-state index in [1.807, 2.05) is 36.4 Å². The van der Waals surface area contributed by atoms with Crippen molar-refractivity contribution in [2.75, 3.05) is 18.1 Å². The van der Waals surface area contributed by atoms with E-state index in [1.54, 1.807) is 6.20 Å². The van der Waals surface area contributed by atoms with Gasteiger partial charge < -0.3 is 15.4 Å². The maximum absolute atomic E-state index is 5.75. The lowest BCUT2D eigenvalue weighted by Gasteiger charge is -2.22. The van der Waals surface area contributed by atoms with Crippen LogP contribution >= 0.6 is 12.2 Å². The number of nitrogens with two attached hydrogens (primary N) is 1. The summed E-state index contributed by atoms with van der Waals surface area (Å²) in [4.78, 5) is 6.99. The summed E-state index contributed by atoms with van der Waals surface area (Å²) in [7, 11) is 0. The first-order valence-electron chi connectivity index (χ1n) is 6.51. The second-order valence-corrected chi connectivity index (χ2v) is 5.03.